The first-order valence-electron chi connectivity index (χ1n) is 6.64. The van der Waals surface area contributed by atoms with Gasteiger partial charge in [-0.1, -0.05) is 18.2 Å². The molecule has 0 radical (unpaired) electrons. The van der Waals surface area contributed by atoms with Crippen LogP contribution in [0.25, 0.3) is 0 Å². The maximum Gasteiger partial charge on any atom is 0.488 e. The van der Waals surface area contributed by atoms with Crippen molar-refractivity contribution in [2.45, 2.75) is 38.9 Å². The molecule has 0 unspecified atom stereocenters. The second kappa shape index (κ2) is 5.02. The fourth-order valence-corrected chi connectivity index (χ4v) is 1.92. The third kappa shape index (κ3) is 3.02. The van der Waals surface area contributed by atoms with Gasteiger partial charge >= 0.3 is 7.12 Å². The first-order chi connectivity index (χ1) is 8.82. The molecule has 0 amide bonds. The van der Waals surface area contributed by atoms with Gasteiger partial charge in [-0.2, -0.15) is 0 Å². The minimum Gasteiger partial charge on any atom is -0.400 e. The zero-order valence-electron chi connectivity index (χ0n) is 12.4. The van der Waals surface area contributed by atoms with Gasteiger partial charge in [0.2, 0.25) is 0 Å². The molecular formula is C15H22BNO2. The van der Waals surface area contributed by atoms with E-state index in [0.29, 0.717) is 0 Å². The van der Waals surface area contributed by atoms with Gasteiger partial charge in [-0.15, -0.1) is 0 Å². The van der Waals surface area contributed by atoms with Gasteiger partial charge in [-0.3, -0.25) is 0 Å². The molecule has 1 saturated heterocycles. The van der Waals surface area contributed by atoms with Crippen LogP contribution in [-0.4, -0.2) is 25.4 Å². The summed E-state index contributed by atoms with van der Waals surface area (Å²) in [4.78, 5) is 2.05. The average Bonchev–Trinajstić information content (AvgIpc) is 2.56. The smallest absolute Gasteiger partial charge is 0.400 e. The SMILES string of the molecule is CN(/C=C/B1OC(C)(C)C(C)(C)O1)c1ccccc1. The van der Waals surface area contributed by atoms with E-state index in [-0.39, 0.29) is 18.3 Å². The molecule has 0 aliphatic carbocycles. The molecule has 0 saturated carbocycles. The highest BCUT2D eigenvalue weighted by molar-refractivity contribution is 6.51. The summed E-state index contributed by atoms with van der Waals surface area (Å²) in [6.45, 7) is 8.23. The van der Waals surface area contributed by atoms with Crippen LogP contribution in [0.3, 0.4) is 0 Å². The van der Waals surface area contributed by atoms with Crippen LogP contribution in [0.4, 0.5) is 5.69 Å². The van der Waals surface area contributed by atoms with E-state index >= 15 is 0 Å². The van der Waals surface area contributed by atoms with Crippen molar-refractivity contribution in [2.24, 2.45) is 0 Å². The molecule has 1 aromatic rings. The van der Waals surface area contributed by atoms with Crippen molar-refractivity contribution in [1.29, 1.82) is 0 Å². The van der Waals surface area contributed by atoms with Gasteiger partial charge in [0.1, 0.15) is 0 Å². The lowest BCUT2D eigenvalue weighted by Gasteiger charge is -2.32. The van der Waals surface area contributed by atoms with E-state index in [9.17, 15) is 0 Å². The Kier molecular flexibility index (Phi) is 3.74. The van der Waals surface area contributed by atoms with Crippen molar-refractivity contribution in [1.82, 2.24) is 0 Å². The molecule has 0 aromatic heterocycles. The molecule has 102 valence electrons. The lowest BCUT2D eigenvalue weighted by atomic mass is 9.90. The highest BCUT2D eigenvalue weighted by Gasteiger charge is 2.50. The molecule has 0 spiro atoms. The second-order valence-corrected chi connectivity index (χ2v) is 5.91. The quantitative estimate of drug-likeness (QED) is 0.777. The highest BCUT2D eigenvalue weighted by atomic mass is 16.7. The van der Waals surface area contributed by atoms with E-state index in [1.165, 1.54) is 0 Å². The standard InChI is InChI=1S/C15H22BNO2/c1-14(2)15(3,4)19-16(18-14)11-12-17(5)13-9-7-6-8-10-13/h6-12H,1-5H3/b12-11+. The minimum atomic E-state index is -0.295. The van der Waals surface area contributed by atoms with Crippen LogP contribution >= 0.6 is 0 Å². The summed E-state index contributed by atoms with van der Waals surface area (Å²) in [6.07, 6.45) is 1.98. The van der Waals surface area contributed by atoms with Gasteiger partial charge in [0.05, 0.1) is 11.2 Å². The summed E-state index contributed by atoms with van der Waals surface area (Å²) >= 11 is 0. The van der Waals surface area contributed by atoms with Gasteiger partial charge in [-0.05, 0) is 52.0 Å². The van der Waals surface area contributed by atoms with E-state index in [4.69, 9.17) is 9.31 Å². The zero-order valence-corrected chi connectivity index (χ0v) is 12.4. The molecule has 3 nitrogen and oxygen atoms in total. The van der Waals surface area contributed by atoms with Crippen molar-refractivity contribution in [3.05, 3.63) is 42.5 Å². The fraction of sp³-hybridized carbons (Fsp3) is 0.467. The molecule has 4 heteroatoms. The molecule has 1 aliphatic rings. The first-order valence-corrected chi connectivity index (χ1v) is 6.64. The monoisotopic (exact) mass is 259 g/mol. The Bertz CT molecular complexity index is 440. The van der Waals surface area contributed by atoms with Crippen LogP contribution in [0.5, 0.6) is 0 Å². The molecule has 1 aliphatic heterocycles. The third-order valence-electron chi connectivity index (χ3n) is 3.90. The highest BCUT2D eigenvalue weighted by Crippen LogP contribution is 2.36. The summed E-state index contributed by atoms with van der Waals surface area (Å²) in [7, 11) is 1.72. The summed E-state index contributed by atoms with van der Waals surface area (Å²) in [5, 5.41) is 0. The Balaban J connectivity index is 2.01. The van der Waals surface area contributed by atoms with Gasteiger partial charge in [-0.25, -0.2) is 0 Å². The van der Waals surface area contributed by atoms with Gasteiger partial charge in [0.25, 0.3) is 0 Å². The van der Waals surface area contributed by atoms with Gasteiger partial charge in [0.15, 0.2) is 0 Å². The number of rotatable bonds is 3. The number of para-hydroxylation sites is 1. The van der Waals surface area contributed by atoms with E-state index < -0.39 is 0 Å². The number of anilines is 1. The molecule has 1 heterocycles. The van der Waals surface area contributed by atoms with Crippen molar-refractivity contribution in [3.8, 4) is 0 Å². The molecule has 1 fully saturated rings. The molecule has 0 bridgehead atoms. The molecule has 19 heavy (non-hydrogen) atoms. The van der Waals surface area contributed by atoms with Crippen molar-refractivity contribution < 1.29 is 9.31 Å². The Morgan fingerprint density at radius 3 is 2.05 bits per heavy atom. The lowest BCUT2D eigenvalue weighted by molar-refractivity contribution is 0.00578. The topological polar surface area (TPSA) is 21.7 Å². The molecule has 2 rings (SSSR count). The zero-order chi connectivity index (χ0) is 14.1. The maximum absolute atomic E-state index is 5.91. The van der Waals surface area contributed by atoms with Crippen LogP contribution in [0.2, 0.25) is 0 Å². The molecule has 0 atom stereocenters. The summed E-state index contributed by atoms with van der Waals surface area (Å²) in [5.41, 5.74) is 0.566. The Morgan fingerprint density at radius 1 is 1.00 bits per heavy atom. The van der Waals surface area contributed by atoms with E-state index in [0.717, 1.165) is 5.69 Å². The summed E-state index contributed by atoms with van der Waals surface area (Å²) in [5.74, 6) is 1.95. The molecule has 1 aromatic carbocycles. The van der Waals surface area contributed by atoms with Crippen LogP contribution in [0.1, 0.15) is 27.7 Å². The Labute approximate surface area is 116 Å². The van der Waals surface area contributed by atoms with Crippen molar-refractivity contribution in [2.75, 3.05) is 11.9 Å². The number of hydrogen-bond donors (Lipinski definition) is 0. The van der Waals surface area contributed by atoms with Gasteiger partial charge < -0.3 is 14.2 Å². The van der Waals surface area contributed by atoms with E-state index in [2.05, 4.69) is 39.8 Å². The first kappa shape index (κ1) is 14.2. The maximum atomic E-state index is 5.91. The number of hydrogen-bond acceptors (Lipinski definition) is 3. The minimum absolute atomic E-state index is 0.284. The largest absolute Gasteiger partial charge is 0.488 e. The predicted octanol–water partition coefficient (Wildman–Crippen LogP) is 3.27. The number of nitrogens with zero attached hydrogens (tertiary/aromatic N) is 1. The fourth-order valence-electron chi connectivity index (χ4n) is 1.92. The van der Waals surface area contributed by atoms with Crippen molar-refractivity contribution >= 4 is 12.8 Å². The second-order valence-electron chi connectivity index (χ2n) is 5.91. The molecular weight excluding hydrogens is 237 g/mol. The predicted molar refractivity (Wildman–Crippen MR) is 80.1 cm³/mol. The van der Waals surface area contributed by atoms with E-state index in [1.54, 1.807) is 0 Å². The van der Waals surface area contributed by atoms with Crippen LogP contribution < -0.4 is 4.90 Å². The number of benzene rings is 1. The summed E-state index contributed by atoms with van der Waals surface area (Å²) < 4.78 is 11.8. The van der Waals surface area contributed by atoms with Crippen LogP contribution in [-0.2, 0) is 9.31 Å². The summed E-state index contributed by atoms with van der Waals surface area (Å²) in [6, 6.07) is 10.2. The Hall–Kier alpha value is -1.26. The third-order valence-corrected chi connectivity index (χ3v) is 3.90. The average molecular weight is 259 g/mol. The molecule has 0 N–H and O–H groups in total. The van der Waals surface area contributed by atoms with E-state index in [1.807, 2.05) is 42.3 Å². The van der Waals surface area contributed by atoms with Gasteiger partial charge in [0, 0.05) is 12.7 Å². The van der Waals surface area contributed by atoms with Crippen LogP contribution in [0.15, 0.2) is 42.5 Å². The van der Waals surface area contributed by atoms with Crippen LogP contribution in [0, 0.1) is 0 Å². The van der Waals surface area contributed by atoms with Crippen molar-refractivity contribution in [3.63, 3.8) is 0 Å². The normalized spacial score (nSPS) is 21.0. The lowest BCUT2D eigenvalue weighted by Crippen LogP contribution is -2.41. The Morgan fingerprint density at radius 2 is 1.53 bits per heavy atom.